The zero-order valence-electron chi connectivity index (χ0n) is 19.5. The first kappa shape index (κ1) is 22.2. The average molecular weight is 473 g/mol. The summed E-state index contributed by atoms with van der Waals surface area (Å²) in [5.74, 6) is 2.64. The van der Waals surface area contributed by atoms with E-state index >= 15 is 0 Å². The Morgan fingerprint density at radius 3 is 2.51 bits per heavy atom. The first-order valence-corrected chi connectivity index (χ1v) is 11.0. The largest absolute Gasteiger partial charge is 0.497 e. The van der Waals surface area contributed by atoms with E-state index in [2.05, 4.69) is 15.2 Å². The van der Waals surface area contributed by atoms with E-state index in [0.29, 0.717) is 40.7 Å². The molecule has 3 heterocycles. The lowest BCUT2D eigenvalue weighted by Gasteiger charge is -2.07. The van der Waals surface area contributed by atoms with Crippen molar-refractivity contribution in [1.29, 1.82) is 0 Å². The van der Waals surface area contributed by atoms with Crippen LogP contribution in [-0.4, -0.2) is 45.1 Å². The number of hydrogen-bond donors (Lipinski definition) is 0. The molecule has 0 amide bonds. The number of aromatic nitrogens is 5. The van der Waals surface area contributed by atoms with Crippen molar-refractivity contribution in [3.05, 3.63) is 77.2 Å². The van der Waals surface area contributed by atoms with Gasteiger partial charge in [-0.25, -0.2) is 4.52 Å². The van der Waals surface area contributed by atoms with E-state index in [9.17, 15) is 4.79 Å². The van der Waals surface area contributed by atoms with Crippen molar-refractivity contribution in [3.8, 4) is 39.9 Å². The Hall–Kier alpha value is -4.60. The Balaban J connectivity index is 1.41. The van der Waals surface area contributed by atoms with Crippen molar-refractivity contribution in [2.45, 2.75) is 13.5 Å². The average Bonchev–Trinajstić information content (AvgIpc) is 3.54. The standard InChI is InChI=1S/C25H23N5O5/c1-4-34-17-7-5-16(6-8-17)20-14-21-25(31)29(11-12-30(21)27-20)15-23-26-24(28-35-23)19-10-9-18(32-2)13-22(19)33-3/h5-14H,4,15H2,1-3H3. The normalized spacial score (nSPS) is 11.1. The van der Waals surface area contributed by atoms with Crippen LogP contribution >= 0.6 is 0 Å². The van der Waals surface area contributed by atoms with Crippen LogP contribution in [0.3, 0.4) is 0 Å². The van der Waals surface area contributed by atoms with Crippen LogP contribution < -0.4 is 19.8 Å². The number of hydrogen-bond acceptors (Lipinski definition) is 8. The molecular formula is C25H23N5O5. The summed E-state index contributed by atoms with van der Waals surface area (Å²) in [5, 5.41) is 8.58. The Bertz CT molecular complexity index is 1530. The van der Waals surface area contributed by atoms with Gasteiger partial charge < -0.3 is 23.3 Å². The van der Waals surface area contributed by atoms with Gasteiger partial charge in [0.25, 0.3) is 5.56 Å². The molecule has 0 atom stereocenters. The van der Waals surface area contributed by atoms with Crippen LogP contribution in [0.25, 0.3) is 28.2 Å². The van der Waals surface area contributed by atoms with Gasteiger partial charge in [-0.05, 0) is 49.4 Å². The van der Waals surface area contributed by atoms with Crippen molar-refractivity contribution >= 4 is 5.52 Å². The van der Waals surface area contributed by atoms with Gasteiger partial charge in [0.2, 0.25) is 11.7 Å². The Kier molecular flexibility index (Phi) is 5.92. The topological polar surface area (TPSA) is 106 Å². The number of rotatable bonds is 8. The highest BCUT2D eigenvalue weighted by Crippen LogP contribution is 2.31. The van der Waals surface area contributed by atoms with Crippen molar-refractivity contribution < 1.29 is 18.7 Å². The summed E-state index contributed by atoms with van der Waals surface area (Å²) in [4.78, 5) is 17.6. The summed E-state index contributed by atoms with van der Waals surface area (Å²) in [6.45, 7) is 2.65. The third-order valence-electron chi connectivity index (χ3n) is 5.49. The maximum Gasteiger partial charge on any atom is 0.277 e. The number of ether oxygens (including phenoxy) is 3. The summed E-state index contributed by atoms with van der Waals surface area (Å²) >= 11 is 0. The van der Waals surface area contributed by atoms with Crippen LogP contribution in [-0.2, 0) is 6.54 Å². The van der Waals surface area contributed by atoms with Gasteiger partial charge in [-0.3, -0.25) is 4.79 Å². The fraction of sp³-hybridized carbons (Fsp3) is 0.200. The molecule has 178 valence electrons. The van der Waals surface area contributed by atoms with Crippen LogP contribution in [0, 0.1) is 0 Å². The van der Waals surface area contributed by atoms with E-state index in [1.165, 1.54) is 4.57 Å². The van der Waals surface area contributed by atoms with Crippen LogP contribution in [0.1, 0.15) is 12.8 Å². The second kappa shape index (κ2) is 9.34. The molecule has 3 aromatic heterocycles. The minimum absolute atomic E-state index is 0.115. The molecule has 0 radical (unpaired) electrons. The first-order valence-electron chi connectivity index (χ1n) is 11.0. The molecule has 0 aliphatic carbocycles. The van der Waals surface area contributed by atoms with E-state index in [0.717, 1.165) is 11.3 Å². The highest BCUT2D eigenvalue weighted by atomic mass is 16.5. The second-order valence-electron chi connectivity index (χ2n) is 7.63. The van der Waals surface area contributed by atoms with Gasteiger partial charge in [-0.2, -0.15) is 10.1 Å². The molecule has 10 nitrogen and oxygen atoms in total. The quantitative estimate of drug-likeness (QED) is 0.336. The fourth-order valence-corrected chi connectivity index (χ4v) is 3.74. The third-order valence-corrected chi connectivity index (χ3v) is 5.49. The lowest BCUT2D eigenvalue weighted by molar-refractivity contribution is 0.340. The third kappa shape index (κ3) is 4.33. The summed E-state index contributed by atoms with van der Waals surface area (Å²) in [7, 11) is 3.14. The van der Waals surface area contributed by atoms with Crippen molar-refractivity contribution in [2.75, 3.05) is 20.8 Å². The Morgan fingerprint density at radius 2 is 1.77 bits per heavy atom. The molecule has 5 rings (SSSR count). The molecule has 0 saturated heterocycles. The number of methoxy groups -OCH3 is 2. The SMILES string of the molecule is CCOc1ccc(-c2cc3c(=O)n(Cc4nc(-c5ccc(OC)cc5OC)no4)ccn3n2)cc1. The van der Waals surface area contributed by atoms with Gasteiger partial charge in [0, 0.05) is 24.0 Å². The van der Waals surface area contributed by atoms with E-state index in [1.807, 2.05) is 31.2 Å². The number of benzene rings is 2. The lowest BCUT2D eigenvalue weighted by Crippen LogP contribution is -2.21. The smallest absolute Gasteiger partial charge is 0.277 e. The molecule has 0 saturated carbocycles. The van der Waals surface area contributed by atoms with Crippen molar-refractivity contribution in [2.24, 2.45) is 0 Å². The number of nitrogens with zero attached hydrogens (tertiary/aromatic N) is 5. The van der Waals surface area contributed by atoms with Crippen LogP contribution in [0.4, 0.5) is 0 Å². The highest BCUT2D eigenvalue weighted by Gasteiger charge is 2.16. The predicted molar refractivity (Wildman–Crippen MR) is 128 cm³/mol. The van der Waals surface area contributed by atoms with Gasteiger partial charge in [0.05, 0.1) is 32.1 Å². The summed E-state index contributed by atoms with van der Waals surface area (Å²) in [6, 6.07) is 14.7. The predicted octanol–water partition coefficient (Wildman–Crippen LogP) is 3.68. The van der Waals surface area contributed by atoms with Crippen LogP contribution in [0.2, 0.25) is 0 Å². The molecule has 0 aliphatic heterocycles. The summed E-state index contributed by atoms with van der Waals surface area (Å²) < 4.78 is 24.6. The van der Waals surface area contributed by atoms with E-state index in [-0.39, 0.29) is 18.0 Å². The zero-order chi connectivity index (χ0) is 24.4. The van der Waals surface area contributed by atoms with E-state index in [1.54, 1.807) is 55.4 Å². The van der Waals surface area contributed by atoms with Gasteiger partial charge in [-0.15, -0.1) is 0 Å². The molecule has 35 heavy (non-hydrogen) atoms. The molecular weight excluding hydrogens is 450 g/mol. The maximum atomic E-state index is 13.1. The van der Waals surface area contributed by atoms with E-state index in [4.69, 9.17) is 18.7 Å². The molecule has 0 bridgehead atoms. The van der Waals surface area contributed by atoms with Crippen LogP contribution in [0.15, 0.2) is 70.2 Å². The Labute approximate surface area is 200 Å². The van der Waals surface area contributed by atoms with Gasteiger partial charge >= 0.3 is 0 Å². The molecule has 2 aromatic carbocycles. The van der Waals surface area contributed by atoms with Gasteiger partial charge in [-0.1, -0.05) is 5.16 Å². The maximum absolute atomic E-state index is 13.1. The number of fused-ring (bicyclic) bond motifs is 1. The molecule has 0 spiro atoms. The van der Waals surface area contributed by atoms with Crippen molar-refractivity contribution in [1.82, 2.24) is 24.3 Å². The molecule has 0 aliphatic rings. The van der Waals surface area contributed by atoms with Gasteiger partial charge in [0.15, 0.2) is 0 Å². The summed E-state index contributed by atoms with van der Waals surface area (Å²) in [6.07, 6.45) is 3.36. The fourth-order valence-electron chi connectivity index (χ4n) is 3.74. The first-order chi connectivity index (χ1) is 17.1. The summed E-state index contributed by atoms with van der Waals surface area (Å²) in [5.41, 5.74) is 2.45. The highest BCUT2D eigenvalue weighted by molar-refractivity contribution is 5.66. The molecule has 0 unspecified atom stereocenters. The van der Waals surface area contributed by atoms with E-state index < -0.39 is 0 Å². The second-order valence-corrected chi connectivity index (χ2v) is 7.63. The van der Waals surface area contributed by atoms with Crippen LogP contribution in [0.5, 0.6) is 17.2 Å². The molecule has 5 aromatic rings. The zero-order valence-corrected chi connectivity index (χ0v) is 19.5. The molecule has 10 heteroatoms. The van der Waals surface area contributed by atoms with Gasteiger partial charge in [0.1, 0.15) is 29.3 Å². The Morgan fingerprint density at radius 1 is 0.971 bits per heavy atom. The monoisotopic (exact) mass is 473 g/mol. The minimum Gasteiger partial charge on any atom is -0.497 e. The lowest BCUT2D eigenvalue weighted by atomic mass is 10.1. The molecule has 0 N–H and O–H groups in total. The molecule has 0 fully saturated rings. The minimum atomic E-state index is -0.223. The van der Waals surface area contributed by atoms with Crippen molar-refractivity contribution in [3.63, 3.8) is 0 Å².